The van der Waals surface area contributed by atoms with Gasteiger partial charge in [-0.1, -0.05) is 37.3 Å². The minimum absolute atomic E-state index is 0.103. The second kappa shape index (κ2) is 13.5. The standard InChI is InChI=1S/C35H44FN3O10Si/c1-5-12-38-24-11-10-21(37-32(45)30-28(43)27(42)29(44)33(46)48-30)14-23(24)35(34(38)47)18(2)31(50(3,4)36)25(49-35)15-26(41)39-16-20-9-7-6-8-19(20)13-22(39)17-40/h5-11,14,18,22,25,27-31,33,40,42-44,46H,1,12-13,15-17H2,2-4H3,(H,37,45)/t18-,22-,25+,27-,28-,29+,30-,31-,33+,35+/m0/s1. The lowest BCUT2D eigenvalue weighted by molar-refractivity contribution is -0.274. The van der Waals surface area contributed by atoms with Crippen LogP contribution in [-0.4, -0.2) is 113 Å². The van der Waals surface area contributed by atoms with Crippen LogP contribution in [0.25, 0.3) is 0 Å². The van der Waals surface area contributed by atoms with Crippen LogP contribution in [0.5, 0.6) is 0 Å². The predicted molar refractivity (Wildman–Crippen MR) is 181 cm³/mol. The van der Waals surface area contributed by atoms with Crippen LogP contribution >= 0.6 is 0 Å². The number of carbonyl (C=O) groups is 3. The zero-order chi connectivity index (χ0) is 36.3. The van der Waals surface area contributed by atoms with Crippen LogP contribution in [0.3, 0.4) is 0 Å². The summed E-state index contributed by atoms with van der Waals surface area (Å²) in [4.78, 5) is 44.7. The van der Waals surface area contributed by atoms with Crippen molar-refractivity contribution >= 4 is 37.5 Å². The second-order valence-electron chi connectivity index (χ2n) is 14.2. The second-order valence-corrected chi connectivity index (χ2v) is 17.9. The molecule has 4 aliphatic rings. The molecule has 0 aliphatic carbocycles. The van der Waals surface area contributed by atoms with Gasteiger partial charge in [0.15, 0.2) is 18.0 Å². The lowest BCUT2D eigenvalue weighted by Gasteiger charge is -2.37. The van der Waals surface area contributed by atoms with E-state index >= 15 is 4.11 Å². The van der Waals surface area contributed by atoms with Crippen molar-refractivity contribution in [2.45, 2.75) is 93.4 Å². The third-order valence-corrected chi connectivity index (χ3v) is 13.1. The number of ether oxygens (including phenoxy) is 2. The Labute approximate surface area is 290 Å². The molecule has 0 bridgehead atoms. The van der Waals surface area contributed by atoms with E-state index in [2.05, 4.69) is 11.9 Å². The normalized spacial score (nSPS) is 33.7. The molecular formula is C35H44FN3O10Si. The van der Waals surface area contributed by atoms with Crippen molar-refractivity contribution in [2.24, 2.45) is 5.92 Å². The minimum atomic E-state index is -3.64. The molecule has 0 aromatic heterocycles. The van der Waals surface area contributed by atoms with Gasteiger partial charge in [-0.2, -0.15) is 0 Å². The highest BCUT2D eigenvalue weighted by Gasteiger charge is 2.67. The van der Waals surface area contributed by atoms with E-state index in [-0.39, 0.29) is 37.7 Å². The maximum Gasteiger partial charge on any atom is 0.264 e. The predicted octanol–water partition coefficient (Wildman–Crippen LogP) is 1.07. The van der Waals surface area contributed by atoms with Crippen LogP contribution in [0, 0.1) is 5.92 Å². The van der Waals surface area contributed by atoms with Crippen molar-refractivity contribution in [1.29, 1.82) is 0 Å². The number of nitrogens with zero attached hydrogens (tertiary/aromatic N) is 2. The van der Waals surface area contributed by atoms with Crippen LogP contribution in [-0.2, 0) is 42.4 Å². The number of anilines is 2. The summed E-state index contributed by atoms with van der Waals surface area (Å²) < 4.78 is 28.2. The van der Waals surface area contributed by atoms with Gasteiger partial charge < -0.3 is 54.2 Å². The van der Waals surface area contributed by atoms with Gasteiger partial charge in [0, 0.05) is 35.8 Å². The van der Waals surface area contributed by atoms with E-state index < -0.39 is 80.1 Å². The Morgan fingerprint density at radius 3 is 2.46 bits per heavy atom. The van der Waals surface area contributed by atoms with Crippen molar-refractivity contribution in [3.05, 3.63) is 71.8 Å². The molecule has 0 unspecified atom stereocenters. The highest BCUT2D eigenvalue weighted by molar-refractivity contribution is 6.72. The summed E-state index contributed by atoms with van der Waals surface area (Å²) in [6.07, 6.45) is -8.40. The number of halogens is 1. The number of nitrogens with one attached hydrogen (secondary N) is 1. The molecule has 3 amide bonds. The molecule has 6 N–H and O–H groups in total. The third kappa shape index (κ3) is 5.98. The Morgan fingerprint density at radius 1 is 1.10 bits per heavy atom. The zero-order valence-corrected chi connectivity index (χ0v) is 29.1. The minimum Gasteiger partial charge on any atom is -0.394 e. The molecule has 1 spiro atoms. The van der Waals surface area contributed by atoms with E-state index in [9.17, 15) is 39.9 Å². The van der Waals surface area contributed by atoms with Crippen LogP contribution in [0.1, 0.15) is 30.0 Å². The summed E-state index contributed by atoms with van der Waals surface area (Å²) in [5, 5.41) is 53.0. The first-order valence-corrected chi connectivity index (χ1v) is 19.7. The molecule has 13 nitrogen and oxygen atoms in total. The molecule has 6 rings (SSSR count). The molecule has 2 aromatic rings. The van der Waals surface area contributed by atoms with Gasteiger partial charge in [-0.3, -0.25) is 14.4 Å². The Balaban J connectivity index is 1.33. The SMILES string of the molecule is C=CCN1C(=O)[C@]2(O[C@H](CC(=O)N3Cc4ccccc4C[C@H]3CO)[C@@H]([Si](C)(C)F)[C@@H]2C)c2cc(NC(=O)[C@H]3O[C@@H](O)[C@H](O)[C@@H](O)[C@@H]3O)ccc21. The van der Waals surface area contributed by atoms with Gasteiger partial charge in [0.25, 0.3) is 11.8 Å². The van der Waals surface area contributed by atoms with E-state index in [0.29, 0.717) is 17.7 Å². The number of amides is 3. The van der Waals surface area contributed by atoms with Gasteiger partial charge in [0.05, 0.1) is 30.9 Å². The Morgan fingerprint density at radius 2 is 1.80 bits per heavy atom. The molecular weight excluding hydrogens is 669 g/mol. The topological polar surface area (TPSA) is 189 Å². The number of benzene rings is 2. The smallest absolute Gasteiger partial charge is 0.264 e. The Bertz CT molecular complexity index is 1670. The fraction of sp³-hybridized carbons (Fsp3) is 0.514. The van der Waals surface area contributed by atoms with Gasteiger partial charge in [0.1, 0.15) is 18.3 Å². The van der Waals surface area contributed by atoms with Gasteiger partial charge in [0.2, 0.25) is 14.3 Å². The molecule has 15 heteroatoms. The van der Waals surface area contributed by atoms with Gasteiger partial charge in [-0.25, -0.2) is 0 Å². The number of aliphatic hydroxyl groups is 5. The van der Waals surface area contributed by atoms with E-state index in [1.54, 1.807) is 24.0 Å². The lowest BCUT2D eigenvalue weighted by atomic mass is 9.82. The van der Waals surface area contributed by atoms with Gasteiger partial charge in [-0.15, -0.1) is 6.58 Å². The van der Waals surface area contributed by atoms with Crippen LogP contribution < -0.4 is 10.2 Å². The first kappa shape index (κ1) is 36.3. The number of carbonyl (C=O) groups excluding carboxylic acids is 3. The summed E-state index contributed by atoms with van der Waals surface area (Å²) in [7, 11) is -3.64. The summed E-state index contributed by atoms with van der Waals surface area (Å²) in [6, 6.07) is 11.8. The van der Waals surface area contributed by atoms with Crippen LogP contribution in [0.4, 0.5) is 15.5 Å². The largest absolute Gasteiger partial charge is 0.394 e. The van der Waals surface area contributed by atoms with Gasteiger partial charge in [-0.05, 0) is 48.8 Å². The van der Waals surface area contributed by atoms with E-state index in [1.807, 2.05) is 24.3 Å². The zero-order valence-electron chi connectivity index (χ0n) is 28.1. The Kier molecular flexibility index (Phi) is 9.82. The fourth-order valence-electron chi connectivity index (χ4n) is 8.26. The molecule has 50 heavy (non-hydrogen) atoms. The van der Waals surface area contributed by atoms with Crippen molar-refractivity contribution in [3.63, 3.8) is 0 Å². The van der Waals surface area contributed by atoms with Crippen LogP contribution in [0.15, 0.2) is 55.1 Å². The van der Waals surface area contributed by atoms with Crippen molar-refractivity contribution in [1.82, 2.24) is 4.90 Å². The monoisotopic (exact) mass is 713 g/mol. The maximum absolute atomic E-state index is 16.4. The highest BCUT2D eigenvalue weighted by atomic mass is 28.4. The summed E-state index contributed by atoms with van der Waals surface area (Å²) in [6.45, 7) is 8.69. The lowest BCUT2D eigenvalue weighted by Crippen LogP contribution is -2.60. The van der Waals surface area contributed by atoms with Gasteiger partial charge >= 0.3 is 0 Å². The fourth-order valence-corrected chi connectivity index (χ4v) is 10.8. The van der Waals surface area contributed by atoms with E-state index in [0.717, 1.165) is 11.1 Å². The molecule has 4 heterocycles. The molecule has 4 aliphatic heterocycles. The maximum atomic E-state index is 16.4. The molecule has 0 radical (unpaired) electrons. The van der Waals surface area contributed by atoms with E-state index in [4.69, 9.17) is 9.47 Å². The molecule has 2 aromatic carbocycles. The summed E-state index contributed by atoms with van der Waals surface area (Å²) in [5.74, 6) is -2.48. The highest BCUT2D eigenvalue weighted by Crippen LogP contribution is 2.60. The molecule has 270 valence electrons. The number of hydrogen-bond donors (Lipinski definition) is 6. The van der Waals surface area contributed by atoms with Crippen molar-refractivity contribution < 1.29 is 53.5 Å². The van der Waals surface area contributed by atoms with Crippen molar-refractivity contribution in [3.8, 4) is 0 Å². The quantitative estimate of drug-likeness (QED) is 0.131. The average Bonchev–Trinajstić information content (AvgIpc) is 3.50. The van der Waals surface area contributed by atoms with Crippen LogP contribution in [0.2, 0.25) is 18.6 Å². The Hall–Kier alpha value is -3.54. The number of rotatable bonds is 8. The molecule has 10 atom stereocenters. The van der Waals surface area contributed by atoms with Crippen molar-refractivity contribution in [2.75, 3.05) is 23.4 Å². The number of hydrogen-bond acceptors (Lipinski definition) is 10. The summed E-state index contributed by atoms with van der Waals surface area (Å²) >= 11 is 0. The third-order valence-electron chi connectivity index (χ3n) is 10.6. The molecule has 2 saturated heterocycles. The average molecular weight is 714 g/mol. The van der Waals surface area contributed by atoms with E-state index in [1.165, 1.54) is 30.1 Å². The number of aliphatic hydroxyl groups excluding tert-OH is 5. The molecule has 2 fully saturated rings. The number of fused-ring (bicyclic) bond motifs is 3. The summed E-state index contributed by atoms with van der Waals surface area (Å²) in [5.41, 5.74) is 0.411. The molecule has 0 saturated carbocycles. The first-order chi connectivity index (χ1) is 23.6. The first-order valence-electron chi connectivity index (χ1n) is 16.7.